The zero-order valence-electron chi connectivity index (χ0n) is 12.3. The lowest BCUT2D eigenvalue weighted by Gasteiger charge is -2.06. The van der Waals surface area contributed by atoms with Gasteiger partial charge in [0.2, 0.25) is 5.78 Å². The third-order valence-electron chi connectivity index (χ3n) is 3.25. The van der Waals surface area contributed by atoms with Gasteiger partial charge >= 0.3 is 5.97 Å². The first-order valence-corrected chi connectivity index (χ1v) is 7.18. The fourth-order valence-corrected chi connectivity index (χ4v) is 2.31. The predicted octanol–water partition coefficient (Wildman–Crippen LogP) is 3.23. The number of ether oxygens (including phenoxy) is 1. The number of benzene rings is 1. The number of hydrogen-bond donors (Lipinski definition) is 2. The van der Waals surface area contributed by atoms with Crippen molar-refractivity contribution in [3.63, 3.8) is 0 Å². The summed E-state index contributed by atoms with van der Waals surface area (Å²) in [7, 11) is 0. The number of nitrogens with one attached hydrogen (secondary N) is 1. The molecule has 116 valence electrons. The van der Waals surface area contributed by atoms with E-state index in [1.54, 1.807) is 38.1 Å². The molecule has 0 amide bonds. The summed E-state index contributed by atoms with van der Waals surface area (Å²) in [6, 6.07) is 6.49. The molecule has 0 spiro atoms. The number of carboxylic acid groups (broad SMARTS) is 1. The van der Waals surface area contributed by atoms with Crippen LogP contribution in [-0.2, 0) is 11.2 Å². The highest BCUT2D eigenvalue weighted by Crippen LogP contribution is 2.29. The van der Waals surface area contributed by atoms with E-state index in [1.165, 1.54) is 0 Å². The highest BCUT2D eigenvalue weighted by Gasteiger charge is 2.23. The number of carbonyl (C=O) groups is 2. The highest BCUT2D eigenvalue weighted by atomic mass is 35.5. The fraction of sp³-hybridized carbons (Fsp3) is 0.250. The molecular formula is C16H16ClNO4. The van der Waals surface area contributed by atoms with Gasteiger partial charge in [0.15, 0.2) is 5.75 Å². The SMILES string of the molecule is CCOc1c(C(=O)c2ccc(Cl)cc2)[nH]c(CC(=O)O)c1C. The molecular weight excluding hydrogens is 306 g/mol. The Hall–Kier alpha value is -2.27. The lowest BCUT2D eigenvalue weighted by atomic mass is 10.1. The Labute approximate surface area is 132 Å². The Kier molecular flexibility index (Phi) is 4.88. The third-order valence-corrected chi connectivity index (χ3v) is 3.50. The van der Waals surface area contributed by atoms with Crippen LogP contribution < -0.4 is 4.74 Å². The number of rotatable bonds is 6. The van der Waals surface area contributed by atoms with Gasteiger partial charge in [-0.1, -0.05) is 11.6 Å². The van der Waals surface area contributed by atoms with Gasteiger partial charge in [0.1, 0.15) is 5.69 Å². The molecule has 2 aromatic rings. The van der Waals surface area contributed by atoms with Crippen molar-refractivity contribution < 1.29 is 19.4 Å². The van der Waals surface area contributed by atoms with E-state index in [-0.39, 0.29) is 17.9 Å². The summed E-state index contributed by atoms with van der Waals surface area (Å²) in [6.07, 6.45) is -0.195. The Bertz CT molecular complexity index is 704. The van der Waals surface area contributed by atoms with Crippen LogP contribution in [0.5, 0.6) is 5.75 Å². The van der Waals surface area contributed by atoms with Crippen molar-refractivity contribution in [2.75, 3.05) is 6.61 Å². The van der Waals surface area contributed by atoms with Crippen LogP contribution in [0.3, 0.4) is 0 Å². The van der Waals surface area contributed by atoms with Crippen LogP contribution in [0.2, 0.25) is 5.02 Å². The number of halogens is 1. The summed E-state index contributed by atoms with van der Waals surface area (Å²) in [5.41, 5.74) is 1.82. The largest absolute Gasteiger partial charge is 0.491 e. The number of H-pyrrole nitrogens is 1. The van der Waals surface area contributed by atoms with Crippen molar-refractivity contribution in [3.05, 3.63) is 51.8 Å². The second-order valence-corrected chi connectivity index (χ2v) is 5.21. The first kappa shape index (κ1) is 16.1. The number of aliphatic carboxylic acids is 1. The molecule has 0 saturated carbocycles. The summed E-state index contributed by atoms with van der Waals surface area (Å²) in [5.74, 6) is -0.837. The molecule has 0 atom stereocenters. The van der Waals surface area contributed by atoms with Crippen LogP contribution in [0.1, 0.15) is 34.2 Å². The van der Waals surface area contributed by atoms with Gasteiger partial charge in [-0.15, -0.1) is 0 Å². The molecule has 0 aliphatic carbocycles. The Morgan fingerprint density at radius 1 is 1.27 bits per heavy atom. The molecule has 0 radical (unpaired) electrons. The van der Waals surface area contributed by atoms with Crippen molar-refractivity contribution in [2.24, 2.45) is 0 Å². The Morgan fingerprint density at radius 2 is 1.91 bits per heavy atom. The van der Waals surface area contributed by atoms with Gasteiger partial charge < -0.3 is 14.8 Å². The minimum Gasteiger partial charge on any atom is -0.491 e. The molecule has 5 nitrogen and oxygen atoms in total. The maximum Gasteiger partial charge on any atom is 0.309 e. The number of aromatic nitrogens is 1. The number of aromatic amines is 1. The van der Waals surface area contributed by atoms with Crippen molar-refractivity contribution in [3.8, 4) is 5.75 Å². The lowest BCUT2D eigenvalue weighted by Crippen LogP contribution is -2.06. The summed E-state index contributed by atoms with van der Waals surface area (Å²) in [6.45, 7) is 3.92. The first-order valence-electron chi connectivity index (χ1n) is 6.80. The van der Waals surface area contributed by atoms with E-state index >= 15 is 0 Å². The minimum atomic E-state index is -0.974. The monoisotopic (exact) mass is 321 g/mol. The van der Waals surface area contributed by atoms with Gasteiger partial charge in [-0.25, -0.2) is 0 Å². The van der Waals surface area contributed by atoms with Gasteiger partial charge in [0.05, 0.1) is 13.0 Å². The zero-order chi connectivity index (χ0) is 16.3. The van der Waals surface area contributed by atoms with Crippen LogP contribution in [0.25, 0.3) is 0 Å². The van der Waals surface area contributed by atoms with Gasteiger partial charge in [-0.2, -0.15) is 0 Å². The molecule has 2 N–H and O–H groups in total. The summed E-state index contributed by atoms with van der Waals surface area (Å²) in [4.78, 5) is 26.4. The number of hydrogen-bond acceptors (Lipinski definition) is 3. The maximum atomic E-state index is 12.6. The molecule has 0 unspecified atom stereocenters. The molecule has 0 aliphatic rings. The van der Waals surface area contributed by atoms with Crippen LogP contribution in [0.15, 0.2) is 24.3 Å². The molecule has 1 aromatic carbocycles. The van der Waals surface area contributed by atoms with Gasteiger partial charge in [0, 0.05) is 21.8 Å². The summed E-state index contributed by atoms with van der Waals surface area (Å²) in [5, 5.41) is 9.48. The van der Waals surface area contributed by atoms with Gasteiger partial charge in [-0.05, 0) is 38.1 Å². The Morgan fingerprint density at radius 3 is 2.45 bits per heavy atom. The van der Waals surface area contributed by atoms with E-state index in [4.69, 9.17) is 21.4 Å². The second kappa shape index (κ2) is 6.66. The molecule has 6 heteroatoms. The normalized spacial score (nSPS) is 10.5. The van der Waals surface area contributed by atoms with Crippen LogP contribution in [-0.4, -0.2) is 28.4 Å². The maximum absolute atomic E-state index is 12.6. The van der Waals surface area contributed by atoms with Crippen LogP contribution >= 0.6 is 11.6 Å². The quantitative estimate of drug-likeness (QED) is 0.800. The first-order chi connectivity index (χ1) is 10.4. The highest BCUT2D eigenvalue weighted by molar-refractivity contribution is 6.30. The van der Waals surface area contributed by atoms with Crippen LogP contribution in [0.4, 0.5) is 0 Å². The van der Waals surface area contributed by atoms with Crippen LogP contribution in [0, 0.1) is 6.92 Å². The number of ketones is 1. The third kappa shape index (κ3) is 3.31. The summed E-state index contributed by atoms with van der Waals surface area (Å²) < 4.78 is 5.53. The topological polar surface area (TPSA) is 79.4 Å². The zero-order valence-corrected chi connectivity index (χ0v) is 13.0. The van der Waals surface area contributed by atoms with E-state index < -0.39 is 5.97 Å². The predicted molar refractivity (Wildman–Crippen MR) is 82.9 cm³/mol. The molecule has 0 aliphatic heterocycles. The number of carbonyl (C=O) groups excluding carboxylic acids is 1. The molecule has 22 heavy (non-hydrogen) atoms. The number of carboxylic acids is 1. The molecule has 0 fully saturated rings. The fourth-order valence-electron chi connectivity index (χ4n) is 2.18. The average molecular weight is 322 g/mol. The van der Waals surface area contributed by atoms with E-state index in [1.807, 2.05) is 0 Å². The van der Waals surface area contributed by atoms with Gasteiger partial charge in [-0.3, -0.25) is 9.59 Å². The smallest absolute Gasteiger partial charge is 0.309 e. The molecule has 1 heterocycles. The van der Waals surface area contributed by atoms with Crippen molar-refractivity contribution in [1.82, 2.24) is 4.98 Å². The van der Waals surface area contributed by atoms with E-state index in [0.717, 1.165) is 0 Å². The molecule has 2 rings (SSSR count). The van der Waals surface area contributed by atoms with Crippen molar-refractivity contribution >= 4 is 23.4 Å². The lowest BCUT2D eigenvalue weighted by molar-refractivity contribution is -0.136. The van der Waals surface area contributed by atoms with E-state index in [0.29, 0.717) is 34.2 Å². The van der Waals surface area contributed by atoms with E-state index in [2.05, 4.69) is 4.98 Å². The minimum absolute atomic E-state index is 0.195. The van der Waals surface area contributed by atoms with E-state index in [9.17, 15) is 9.59 Å². The van der Waals surface area contributed by atoms with Gasteiger partial charge in [0.25, 0.3) is 0 Å². The van der Waals surface area contributed by atoms with Crippen molar-refractivity contribution in [2.45, 2.75) is 20.3 Å². The Balaban J connectivity index is 2.46. The van der Waals surface area contributed by atoms with Crippen molar-refractivity contribution in [1.29, 1.82) is 0 Å². The average Bonchev–Trinajstić information content (AvgIpc) is 2.76. The molecule has 0 bridgehead atoms. The summed E-state index contributed by atoms with van der Waals surface area (Å²) >= 11 is 5.82. The standard InChI is InChI=1S/C16H16ClNO4/c1-3-22-16-9(2)12(8-13(19)20)18-14(16)15(21)10-4-6-11(17)7-5-10/h4-7,18H,3,8H2,1-2H3,(H,19,20). The molecule has 0 saturated heterocycles. The second-order valence-electron chi connectivity index (χ2n) is 4.77. The molecule has 1 aromatic heterocycles.